The van der Waals surface area contributed by atoms with Crippen molar-refractivity contribution in [3.8, 4) is 0 Å². The van der Waals surface area contributed by atoms with Crippen molar-refractivity contribution in [3.05, 3.63) is 33.7 Å². The topological polar surface area (TPSA) is 50.2 Å². The molecule has 0 aliphatic heterocycles. The number of fused-ring (bicyclic) bond motifs is 1. The monoisotopic (exact) mass is 183 g/mol. The van der Waals surface area contributed by atoms with Crippen LogP contribution < -0.4 is 5.69 Å². The van der Waals surface area contributed by atoms with Crippen LogP contribution in [-0.4, -0.2) is 14.4 Å². The van der Waals surface area contributed by atoms with Crippen LogP contribution in [0.1, 0.15) is 5.82 Å². The van der Waals surface area contributed by atoms with Crippen molar-refractivity contribution in [2.75, 3.05) is 0 Å². The molecule has 0 aromatic carbocycles. The molecule has 0 radical (unpaired) electrons. The van der Waals surface area contributed by atoms with Gasteiger partial charge in [0.2, 0.25) is 0 Å². The summed E-state index contributed by atoms with van der Waals surface area (Å²) in [5.74, 6) is 0.655. The van der Waals surface area contributed by atoms with Crippen molar-refractivity contribution < 1.29 is 0 Å². The molecular weight excluding hydrogens is 178 g/mol. The van der Waals surface area contributed by atoms with E-state index >= 15 is 0 Å². The molecule has 12 heavy (non-hydrogen) atoms. The zero-order chi connectivity index (χ0) is 8.72. The Labute approximate surface area is 72.8 Å². The molecule has 0 saturated carbocycles. The number of hydrogen-bond donors (Lipinski definition) is 1. The molecule has 5 heteroatoms. The molecule has 2 aromatic rings. The van der Waals surface area contributed by atoms with E-state index in [9.17, 15) is 4.79 Å². The number of aromatic amines is 1. The van der Waals surface area contributed by atoms with E-state index in [0.717, 1.165) is 0 Å². The molecule has 0 bridgehead atoms. The lowest BCUT2D eigenvalue weighted by atomic mass is 10.5. The molecular formula is C7H6ClN3O. The van der Waals surface area contributed by atoms with Gasteiger partial charge in [-0.1, -0.05) is 11.6 Å². The Bertz CT molecular complexity index is 485. The molecule has 2 aromatic heterocycles. The lowest BCUT2D eigenvalue weighted by molar-refractivity contribution is 0.942. The Kier molecular flexibility index (Phi) is 1.44. The third kappa shape index (κ3) is 0.921. The maximum absolute atomic E-state index is 11.3. The van der Waals surface area contributed by atoms with Gasteiger partial charge < -0.3 is 0 Å². The van der Waals surface area contributed by atoms with Gasteiger partial charge in [0, 0.05) is 0 Å². The van der Waals surface area contributed by atoms with Gasteiger partial charge in [0.1, 0.15) is 11.0 Å². The summed E-state index contributed by atoms with van der Waals surface area (Å²) in [5, 5.41) is 0.326. The third-order valence-electron chi connectivity index (χ3n) is 1.67. The van der Waals surface area contributed by atoms with Crippen molar-refractivity contribution in [1.82, 2.24) is 14.4 Å². The first-order valence-electron chi connectivity index (χ1n) is 3.41. The lowest BCUT2D eigenvalue weighted by Gasteiger charge is -1.94. The van der Waals surface area contributed by atoms with E-state index in [0.29, 0.717) is 16.5 Å². The van der Waals surface area contributed by atoms with Gasteiger partial charge in [-0.15, -0.1) is 0 Å². The Morgan fingerprint density at radius 3 is 3.17 bits per heavy atom. The lowest BCUT2D eigenvalue weighted by Crippen LogP contribution is -2.16. The molecule has 0 aliphatic carbocycles. The number of rotatable bonds is 0. The number of aromatic nitrogens is 3. The van der Waals surface area contributed by atoms with Crippen molar-refractivity contribution in [2.45, 2.75) is 6.92 Å². The standard InChI is InChI=1S/C7H6ClN3O/c1-4-9-3-5-2-6(8)10-7(12)11(4)5/h2-3H,1H3,(H,10,12). The van der Waals surface area contributed by atoms with Gasteiger partial charge in [-0.2, -0.15) is 0 Å². The molecule has 0 aliphatic rings. The highest BCUT2D eigenvalue weighted by molar-refractivity contribution is 6.29. The molecule has 0 fully saturated rings. The van der Waals surface area contributed by atoms with E-state index in [4.69, 9.17) is 11.6 Å². The van der Waals surface area contributed by atoms with Gasteiger partial charge >= 0.3 is 5.69 Å². The molecule has 0 atom stereocenters. The highest BCUT2D eigenvalue weighted by Crippen LogP contribution is 2.07. The normalized spacial score (nSPS) is 10.8. The minimum Gasteiger partial charge on any atom is -0.297 e. The highest BCUT2D eigenvalue weighted by Gasteiger charge is 2.02. The number of imidazole rings is 1. The number of hydrogen-bond acceptors (Lipinski definition) is 2. The van der Waals surface area contributed by atoms with E-state index in [1.165, 1.54) is 4.40 Å². The van der Waals surface area contributed by atoms with Crippen molar-refractivity contribution in [1.29, 1.82) is 0 Å². The zero-order valence-corrected chi connectivity index (χ0v) is 7.09. The molecule has 0 spiro atoms. The molecule has 62 valence electrons. The second kappa shape index (κ2) is 2.35. The van der Waals surface area contributed by atoms with Gasteiger partial charge in [0.15, 0.2) is 0 Å². The highest BCUT2D eigenvalue weighted by atomic mass is 35.5. The SMILES string of the molecule is Cc1ncc2cc(Cl)[nH]c(=O)n12. The second-order valence-corrected chi connectivity index (χ2v) is 2.90. The van der Waals surface area contributed by atoms with Gasteiger partial charge in [0.25, 0.3) is 0 Å². The van der Waals surface area contributed by atoms with Crippen LogP contribution in [0.4, 0.5) is 0 Å². The minimum absolute atomic E-state index is 0.257. The van der Waals surface area contributed by atoms with Crippen molar-refractivity contribution in [2.24, 2.45) is 0 Å². The van der Waals surface area contributed by atoms with Crippen LogP contribution in [0.15, 0.2) is 17.1 Å². The number of H-pyrrole nitrogens is 1. The van der Waals surface area contributed by atoms with E-state index in [1.807, 2.05) is 0 Å². The summed E-state index contributed by atoms with van der Waals surface area (Å²) >= 11 is 5.64. The van der Waals surface area contributed by atoms with Gasteiger partial charge in [-0.05, 0) is 13.0 Å². The summed E-state index contributed by atoms with van der Waals surface area (Å²) in [4.78, 5) is 17.7. The van der Waals surface area contributed by atoms with Crippen LogP contribution in [0.25, 0.3) is 5.52 Å². The maximum Gasteiger partial charge on any atom is 0.332 e. The number of nitrogens with one attached hydrogen (secondary N) is 1. The molecule has 1 N–H and O–H groups in total. The maximum atomic E-state index is 11.3. The quantitative estimate of drug-likeness (QED) is 0.620. The number of nitrogens with zero attached hydrogens (tertiary/aromatic N) is 2. The number of halogens is 1. The van der Waals surface area contributed by atoms with E-state index in [-0.39, 0.29) is 5.69 Å². The van der Waals surface area contributed by atoms with Crippen LogP contribution in [0.5, 0.6) is 0 Å². The van der Waals surface area contributed by atoms with Crippen LogP contribution >= 0.6 is 11.6 Å². The summed E-state index contributed by atoms with van der Waals surface area (Å²) in [6, 6.07) is 1.66. The average molecular weight is 184 g/mol. The number of aryl methyl sites for hydroxylation is 1. The van der Waals surface area contributed by atoms with E-state index in [1.54, 1.807) is 19.2 Å². The van der Waals surface area contributed by atoms with Crippen LogP contribution in [-0.2, 0) is 0 Å². The Morgan fingerprint density at radius 1 is 1.67 bits per heavy atom. The van der Waals surface area contributed by atoms with Gasteiger partial charge in [-0.25, -0.2) is 14.2 Å². The fourth-order valence-electron chi connectivity index (χ4n) is 1.15. The van der Waals surface area contributed by atoms with E-state index < -0.39 is 0 Å². The fraction of sp³-hybridized carbons (Fsp3) is 0.143. The predicted molar refractivity (Wildman–Crippen MR) is 45.6 cm³/mol. The first kappa shape index (κ1) is 7.36. The third-order valence-corrected chi connectivity index (χ3v) is 1.87. The van der Waals surface area contributed by atoms with Gasteiger partial charge in [-0.3, -0.25) is 4.98 Å². The molecule has 0 unspecified atom stereocenters. The summed E-state index contributed by atoms with van der Waals surface area (Å²) in [7, 11) is 0. The van der Waals surface area contributed by atoms with Crippen molar-refractivity contribution >= 4 is 17.1 Å². The summed E-state index contributed by atoms with van der Waals surface area (Å²) in [6.45, 7) is 1.76. The predicted octanol–water partition coefficient (Wildman–Crippen LogP) is 0.984. The molecule has 0 amide bonds. The summed E-state index contributed by atoms with van der Waals surface area (Å²) < 4.78 is 1.46. The van der Waals surface area contributed by atoms with Crippen molar-refractivity contribution in [3.63, 3.8) is 0 Å². The Morgan fingerprint density at radius 2 is 2.42 bits per heavy atom. The first-order valence-corrected chi connectivity index (χ1v) is 3.79. The molecule has 0 saturated heterocycles. The molecule has 2 heterocycles. The summed E-state index contributed by atoms with van der Waals surface area (Å²) in [6.07, 6.45) is 1.61. The van der Waals surface area contributed by atoms with Crippen LogP contribution in [0, 0.1) is 6.92 Å². The zero-order valence-electron chi connectivity index (χ0n) is 6.34. The van der Waals surface area contributed by atoms with Crippen LogP contribution in [0.3, 0.4) is 0 Å². The average Bonchev–Trinajstić information content (AvgIpc) is 2.31. The first-order chi connectivity index (χ1) is 5.68. The van der Waals surface area contributed by atoms with Crippen LogP contribution in [0.2, 0.25) is 5.15 Å². The minimum atomic E-state index is -0.257. The smallest absolute Gasteiger partial charge is 0.297 e. The Hall–Kier alpha value is -1.29. The van der Waals surface area contributed by atoms with E-state index in [2.05, 4.69) is 9.97 Å². The largest absolute Gasteiger partial charge is 0.332 e. The van der Waals surface area contributed by atoms with Gasteiger partial charge in [0.05, 0.1) is 11.7 Å². The molecule has 4 nitrogen and oxygen atoms in total. The Balaban J connectivity index is 3.03. The second-order valence-electron chi connectivity index (χ2n) is 2.49. The molecule has 2 rings (SSSR count). The fourth-order valence-corrected chi connectivity index (χ4v) is 1.34. The summed E-state index contributed by atoms with van der Waals surface area (Å²) in [5.41, 5.74) is 0.453.